The van der Waals surface area contributed by atoms with Crippen LogP contribution in [0.3, 0.4) is 0 Å². The summed E-state index contributed by atoms with van der Waals surface area (Å²) in [7, 11) is 1.30. The molecular formula is C24H36O4. The Hall–Kier alpha value is -2.10. The van der Waals surface area contributed by atoms with Crippen molar-refractivity contribution in [2.45, 2.75) is 74.1 Å². The highest BCUT2D eigenvalue weighted by Gasteiger charge is 2.36. The van der Waals surface area contributed by atoms with Gasteiger partial charge >= 0.3 is 0 Å². The summed E-state index contributed by atoms with van der Waals surface area (Å²) in [5.41, 5.74) is 3.10. The van der Waals surface area contributed by atoms with Crippen LogP contribution < -0.4 is 0 Å². The summed E-state index contributed by atoms with van der Waals surface area (Å²) in [5.74, 6) is -1.24. The summed E-state index contributed by atoms with van der Waals surface area (Å²) in [6.07, 6.45) is 7.66. The minimum atomic E-state index is -0.596. The lowest BCUT2D eigenvalue weighted by atomic mass is 9.72. The van der Waals surface area contributed by atoms with E-state index in [1.165, 1.54) is 12.7 Å². The quantitative estimate of drug-likeness (QED) is 0.388. The maximum Gasteiger partial charge on any atom is 0.228 e. The summed E-state index contributed by atoms with van der Waals surface area (Å²) < 4.78 is 5.01. The highest BCUT2D eigenvalue weighted by molar-refractivity contribution is 6.23. The van der Waals surface area contributed by atoms with Crippen molar-refractivity contribution in [1.82, 2.24) is 0 Å². The summed E-state index contributed by atoms with van der Waals surface area (Å²) in [4.78, 5) is 25.1. The molecule has 0 saturated carbocycles. The van der Waals surface area contributed by atoms with Gasteiger partial charge in [-0.15, -0.1) is 0 Å². The molecular weight excluding hydrogens is 352 g/mol. The molecule has 1 N–H and O–H groups in total. The number of aliphatic hydroxyl groups excluding tert-OH is 1. The largest absolute Gasteiger partial charge is 0.501 e. The van der Waals surface area contributed by atoms with Crippen LogP contribution in [0.4, 0.5) is 0 Å². The number of hydrogen-bond acceptors (Lipinski definition) is 4. The van der Waals surface area contributed by atoms with Crippen molar-refractivity contribution < 1.29 is 19.4 Å². The summed E-state index contributed by atoms with van der Waals surface area (Å²) >= 11 is 0. The highest BCUT2D eigenvalue weighted by Crippen LogP contribution is 2.41. The van der Waals surface area contributed by atoms with Gasteiger partial charge in [-0.1, -0.05) is 51.0 Å². The van der Waals surface area contributed by atoms with Crippen molar-refractivity contribution in [2.24, 2.45) is 11.3 Å². The van der Waals surface area contributed by atoms with E-state index in [2.05, 4.69) is 46.8 Å². The first-order valence-electron chi connectivity index (χ1n) is 10.2. The minimum Gasteiger partial charge on any atom is -0.501 e. The summed E-state index contributed by atoms with van der Waals surface area (Å²) in [5, 5.41) is 9.94. The predicted octanol–water partition coefficient (Wildman–Crippen LogP) is 6.01. The average molecular weight is 389 g/mol. The predicted molar refractivity (Wildman–Crippen MR) is 114 cm³/mol. The second kappa shape index (κ2) is 9.90. The van der Waals surface area contributed by atoms with E-state index in [0.717, 1.165) is 24.8 Å². The molecule has 4 heteroatoms. The Morgan fingerprint density at radius 2 is 1.86 bits per heavy atom. The van der Waals surface area contributed by atoms with Crippen LogP contribution in [-0.2, 0) is 14.3 Å². The standard InChI is InChI=1S/C24H36O4/c1-9-15(4)16(5)12-13-24(7,11-3)18(10-2)14-19-17(6)20(25)22(27)23(28-8)21(19)26/h10,12,15,27H,9,11,13-14H2,1-8H3/b16-12+,18-10+/t15-,24?/m1/s1. The number of Topliss-reactive ketones (excluding diaryl/α,β-unsaturated/α-hetero) is 2. The lowest BCUT2D eigenvalue weighted by Crippen LogP contribution is -2.26. The van der Waals surface area contributed by atoms with E-state index in [-0.39, 0.29) is 11.2 Å². The van der Waals surface area contributed by atoms with E-state index in [4.69, 9.17) is 4.74 Å². The molecule has 0 aromatic rings. The maximum atomic E-state index is 12.8. The van der Waals surface area contributed by atoms with Gasteiger partial charge in [-0.3, -0.25) is 9.59 Å². The third kappa shape index (κ3) is 4.84. The van der Waals surface area contributed by atoms with Gasteiger partial charge in [0.25, 0.3) is 0 Å². The Morgan fingerprint density at radius 1 is 1.25 bits per heavy atom. The van der Waals surface area contributed by atoms with Crippen molar-refractivity contribution in [2.75, 3.05) is 7.11 Å². The van der Waals surface area contributed by atoms with Crippen LogP contribution in [0.15, 0.2) is 46.0 Å². The van der Waals surface area contributed by atoms with E-state index < -0.39 is 17.3 Å². The Balaban J connectivity index is 3.23. The number of carbonyl (C=O) groups excluding carboxylic acids is 2. The molecule has 0 bridgehead atoms. The summed E-state index contributed by atoms with van der Waals surface area (Å²) in [6.45, 7) is 14.5. The van der Waals surface area contributed by atoms with Crippen LogP contribution in [-0.4, -0.2) is 23.8 Å². The molecule has 0 fully saturated rings. The van der Waals surface area contributed by atoms with Crippen molar-refractivity contribution in [1.29, 1.82) is 0 Å². The molecule has 28 heavy (non-hydrogen) atoms. The smallest absolute Gasteiger partial charge is 0.228 e. The summed E-state index contributed by atoms with van der Waals surface area (Å²) in [6, 6.07) is 0. The molecule has 0 aliphatic heterocycles. The molecule has 1 aliphatic carbocycles. The van der Waals surface area contributed by atoms with Crippen LogP contribution in [0.2, 0.25) is 0 Å². The average Bonchev–Trinajstić information content (AvgIpc) is 2.70. The van der Waals surface area contributed by atoms with Crippen LogP contribution in [0, 0.1) is 11.3 Å². The lowest BCUT2D eigenvalue weighted by molar-refractivity contribution is -0.120. The highest BCUT2D eigenvalue weighted by atomic mass is 16.5. The monoisotopic (exact) mass is 388 g/mol. The lowest BCUT2D eigenvalue weighted by Gasteiger charge is -2.32. The first kappa shape index (κ1) is 23.9. The fourth-order valence-electron chi connectivity index (χ4n) is 3.50. The molecule has 1 unspecified atom stereocenters. The van der Waals surface area contributed by atoms with Gasteiger partial charge in [0, 0.05) is 11.1 Å². The second-order valence-electron chi connectivity index (χ2n) is 8.01. The molecule has 1 aliphatic rings. The van der Waals surface area contributed by atoms with Gasteiger partial charge in [0.2, 0.25) is 23.1 Å². The molecule has 0 aromatic carbocycles. The van der Waals surface area contributed by atoms with Crippen molar-refractivity contribution in [3.05, 3.63) is 46.0 Å². The number of methoxy groups -OCH3 is 1. The molecule has 0 aromatic heterocycles. The molecule has 2 atom stereocenters. The van der Waals surface area contributed by atoms with Gasteiger partial charge in [-0.2, -0.15) is 0 Å². The topological polar surface area (TPSA) is 63.6 Å². The van der Waals surface area contributed by atoms with Gasteiger partial charge in [0.15, 0.2) is 0 Å². The van der Waals surface area contributed by atoms with Gasteiger partial charge in [-0.25, -0.2) is 0 Å². The van der Waals surface area contributed by atoms with E-state index >= 15 is 0 Å². The molecule has 0 spiro atoms. The van der Waals surface area contributed by atoms with Crippen LogP contribution in [0.5, 0.6) is 0 Å². The van der Waals surface area contributed by atoms with Crippen molar-refractivity contribution in [3.63, 3.8) is 0 Å². The van der Waals surface area contributed by atoms with Crippen LogP contribution in [0.25, 0.3) is 0 Å². The Bertz CT molecular complexity index is 749. The molecule has 0 amide bonds. The van der Waals surface area contributed by atoms with Gasteiger partial charge < -0.3 is 9.84 Å². The van der Waals surface area contributed by atoms with Crippen molar-refractivity contribution >= 4 is 11.6 Å². The van der Waals surface area contributed by atoms with Gasteiger partial charge in [0.05, 0.1) is 7.11 Å². The molecule has 0 saturated heterocycles. The van der Waals surface area contributed by atoms with Crippen LogP contribution >= 0.6 is 0 Å². The molecule has 1 rings (SSSR count). The number of rotatable bonds is 9. The second-order valence-corrected chi connectivity index (χ2v) is 8.01. The van der Waals surface area contributed by atoms with Gasteiger partial charge in [0.1, 0.15) is 0 Å². The Kier molecular flexibility index (Phi) is 8.47. The molecule has 0 heterocycles. The van der Waals surface area contributed by atoms with E-state index in [1.54, 1.807) is 6.92 Å². The molecule has 4 nitrogen and oxygen atoms in total. The Labute approximate surface area is 170 Å². The normalized spacial score (nSPS) is 19.9. The fraction of sp³-hybridized carbons (Fsp3) is 0.583. The zero-order valence-electron chi connectivity index (χ0n) is 18.7. The van der Waals surface area contributed by atoms with E-state index in [0.29, 0.717) is 23.5 Å². The molecule has 156 valence electrons. The first-order chi connectivity index (χ1) is 13.1. The zero-order valence-corrected chi connectivity index (χ0v) is 18.7. The molecule has 0 radical (unpaired) electrons. The van der Waals surface area contributed by atoms with E-state index in [1.807, 2.05) is 6.92 Å². The number of aliphatic hydroxyl groups is 1. The van der Waals surface area contributed by atoms with Crippen LogP contribution in [0.1, 0.15) is 74.1 Å². The maximum absolute atomic E-state index is 12.8. The SMILES string of the molecule is C/C=C(\CC1=C(C)C(=O)C(O)=C(OC)C1=O)C(C)(CC)C/C=C(\C)[C@H](C)CC. The minimum absolute atomic E-state index is 0.115. The zero-order chi connectivity index (χ0) is 21.6. The first-order valence-corrected chi connectivity index (χ1v) is 10.2. The number of allylic oxidation sites excluding steroid dienone is 6. The number of hydrogen-bond donors (Lipinski definition) is 1. The number of ketones is 2. The van der Waals surface area contributed by atoms with E-state index in [9.17, 15) is 14.7 Å². The van der Waals surface area contributed by atoms with Crippen molar-refractivity contribution in [3.8, 4) is 0 Å². The number of carbonyl (C=O) groups is 2. The van der Waals surface area contributed by atoms with Gasteiger partial charge in [-0.05, 0) is 57.8 Å². The third-order valence-corrected chi connectivity index (χ3v) is 6.44. The fourth-order valence-corrected chi connectivity index (χ4v) is 3.50. The third-order valence-electron chi connectivity index (χ3n) is 6.44. The number of ether oxygens (including phenoxy) is 1. The Morgan fingerprint density at radius 3 is 2.32 bits per heavy atom.